The molecule has 0 saturated carbocycles. The fraction of sp³-hybridized carbons (Fsp3) is 0.643. The maximum atomic E-state index is 12.0. The molecule has 2 amide bonds. The minimum Gasteiger partial charge on any atom is -0.333 e. The number of nitrogens with zero attached hydrogens (tertiary/aromatic N) is 2. The molecule has 1 N–H and O–H groups in total. The number of hydrogen-bond acceptors (Lipinski definition) is 4. The van der Waals surface area contributed by atoms with Crippen molar-refractivity contribution in [1.82, 2.24) is 9.88 Å². The second kappa shape index (κ2) is 9.47. The van der Waals surface area contributed by atoms with Crippen LogP contribution in [-0.4, -0.2) is 34.8 Å². The standard InChI is InChI=1S/C14H23N3O2S/c1-3-5-6-9-17(13(19)7-4-2)11-12(18)16-14-15-8-10-20-14/h8,10H,3-7,9,11H2,1-2H3,(H,15,16,18). The van der Waals surface area contributed by atoms with Crippen molar-refractivity contribution in [2.24, 2.45) is 0 Å². The van der Waals surface area contributed by atoms with Crippen molar-refractivity contribution >= 4 is 28.3 Å². The first-order valence-electron chi connectivity index (χ1n) is 7.14. The number of carbonyl (C=O) groups is 2. The highest BCUT2D eigenvalue weighted by Crippen LogP contribution is 2.10. The van der Waals surface area contributed by atoms with Crippen LogP contribution in [0.25, 0.3) is 0 Å². The molecule has 6 heteroatoms. The molecular formula is C14H23N3O2S. The third kappa shape index (κ3) is 6.14. The summed E-state index contributed by atoms with van der Waals surface area (Å²) in [6.45, 7) is 4.85. The van der Waals surface area contributed by atoms with Crippen LogP contribution >= 0.6 is 11.3 Å². The smallest absolute Gasteiger partial charge is 0.245 e. The van der Waals surface area contributed by atoms with E-state index in [2.05, 4.69) is 17.2 Å². The van der Waals surface area contributed by atoms with Crippen LogP contribution in [0.15, 0.2) is 11.6 Å². The number of anilines is 1. The summed E-state index contributed by atoms with van der Waals surface area (Å²) in [6, 6.07) is 0. The molecule has 0 saturated heterocycles. The summed E-state index contributed by atoms with van der Waals surface area (Å²) in [6.07, 6.45) is 6.05. The van der Waals surface area contributed by atoms with Crippen LogP contribution in [0.4, 0.5) is 5.13 Å². The first-order valence-corrected chi connectivity index (χ1v) is 8.02. The maximum absolute atomic E-state index is 12.0. The largest absolute Gasteiger partial charge is 0.333 e. The molecule has 1 aromatic rings. The Labute approximate surface area is 124 Å². The lowest BCUT2D eigenvalue weighted by Gasteiger charge is -2.21. The van der Waals surface area contributed by atoms with E-state index in [-0.39, 0.29) is 18.4 Å². The van der Waals surface area contributed by atoms with Crippen molar-refractivity contribution in [2.45, 2.75) is 46.0 Å². The SMILES string of the molecule is CCCCCN(CC(=O)Nc1nccs1)C(=O)CCC. The van der Waals surface area contributed by atoms with Crippen LogP contribution in [-0.2, 0) is 9.59 Å². The molecule has 0 aliphatic rings. The number of amides is 2. The number of carbonyl (C=O) groups excluding carboxylic acids is 2. The number of nitrogens with one attached hydrogen (secondary N) is 1. The molecule has 0 unspecified atom stereocenters. The van der Waals surface area contributed by atoms with Gasteiger partial charge in [-0.3, -0.25) is 9.59 Å². The minimum atomic E-state index is -0.180. The van der Waals surface area contributed by atoms with Gasteiger partial charge in [-0.25, -0.2) is 4.98 Å². The number of hydrogen-bond donors (Lipinski definition) is 1. The lowest BCUT2D eigenvalue weighted by molar-refractivity contribution is -0.134. The monoisotopic (exact) mass is 297 g/mol. The highest BCUT2D eigenvalue weighted by molar-refractivity contribution is 7.13. The van der Waals surface area contributed by atoms with Gasteiger partial charge >= 0.3 is 0 Å². The Balaban J connectivity index is 2.49. The molecule has 0 fully saturated rings. The van der Waals surface area contributed by atoms with Crippen LogP contribution in [0.2, 0.25) is 0 Å². The van der Waals surface area contributed by atoms with Gasteiger partial charge in [0.05, 0.1) is 6.54 Å². The van der Waals surface area contributed by atoms with Crippen LogP contribution in [0, 0.1) is 0 Å². The Morgan fingerprint density at radius 1 is 1.30 bits per heavy atom. The number of unbranched alkanes of at least 4 members (excludes halogenated alkanes) is 2. The van der Waals surface area contributed by atoms with Gasteiger partial charge in [-0.2, -0.15) is 0 Å². The molecule has 0 aliphatic heterocycles. The summed E-state index contributed by atoms with van der Waals surface area (Å²) in [5.41, 5.74) is 0. The van der Waals surface area contributed by atoms with Gasteiger partial charge in [0.2, 0.25) is 11.8 Å². The molecule has 5 nitrogen and oxygen atoms in total. The van der Waals surface area contributed by atoms with E-state index < -0.39 is 0 Å². The summed E-state index contributed by atoms with van der Waals surface area (Å²) in [4.78, 5) is 29.6. The van der Waals surface area contributed by atoms with Gasteiger partial charge in [-0.05, 0) is 12.8 Å². The van der Waals surface area contributed by atoms with Gasteiger partial charge in [-0.15, -0.1) is 11.3 Å². The van der Waals surface area contributed by atoms with Gasteiger partial charge < -0.3 is 10.2 Å². The maximum Gasteiger partial charge on any atom is 0.245 e. The van der Waals surface area contributed by atoms with Gasteiger partial charge in [-0.1, -0.05) is 26.7 Å². The van der Waals surface area contributed by atoms with Gasteiger partial charge in [0.25, 0.3) is 0 Å². The highest BCUT2D eigenvalue weighted by atomic mass is 32.1. The van der Waals surface area contributed by atoms with Gasteiger partial charge in [0, 0.05) is 24.5 Å². The molecule has 112 valence electrons. The molecule has 0 spiro atoms. The third-order valence-corrected chi connectivity index (χ3v) is 3.55. The topological polar surface area (TPSA) is 62.3 Å². The Hall–Kier alpha value is -1.43. The quantitative estimate of drug-likeness (QED) is 0.713. The van der Waals surface area contributed by atoms with Crippen molar-refractivity contribution in [1.29, 1.82) is 0 Å². The van der Waals surface area contributed by atoms with E-state index in [4.69, 9.17) is 0 Å². The molecule has 0 aliphatic carbocycles. The molecule has 1 rings (SSSR count). The predicted molar refractivity (Wildman–Crippen MR) is 81.8 cm³/mol. The number of aromatic nitrogens is 1. The summed E-state index contributed by atoms with van der Waals surface area (Å²) in [5.74, 6) is -0.126. The first-order chi connectivity index (χ1) is 9.67. The van der Waals surface area contributed by atoms with Crippen LogP contribution < -0.4 is 5.32 Å². The molecule has 1 aromatic heterocycles. The highest BCUT2D eigenvalue weighted by Gasteiger charge is 2.16. The summed E-state index contributed by atoms with van der Waals surface area (Å²) in [7, 11) is 0. The average Bonchev–Trinajstić information content (AvgIpc) is 2.90. The summed E-state index contributed by atoms with van der Waals surface area (Å²) < 4.78 is 0. The lowest BCUT2D eigenvalue weighted by atomic mass is 10.2. The summed E-state index contributed by atoms with van der Waals surface area (Å²) >= 11 is 1.37. The third-order valence-electron chi connectivity index (χ3n) is 2.86. The summed E-state index contributed by atoms with van der Waals surface area (Å²) in [5, 5.41) is 5.09. The zero-order chi connectivity index (χ0) is 14.8. The fourth-order valence-electron chi connectivity index (χ4n) is 1.83. The second-order valence-electron chi connectivity index (χ2n) is 4.66. The van der Waals surface area contributed by atoms with E-state index in [0.717, 1.165) is 25.7 Å². The minimum absolute atomic E-state index is 0.0536. The van der Waals surface area contributed by atoms with Crippen molar-refractivity contribution < 1.29 is 9.59 Å². The van der Waals surface area contributed by atoms with E-state index in [1.165, 1.54) is 11.3 Å². The Kier molecular flexibility index (Phi) is 7.87. The van der Waals surface area contributed by atoms with Crippen LogP contribution in [0.1, 0.15) is 46.0 Å². The van der Waals surface area contributed by atoms with Crippen molar-refractivity contribution in [3.8, 4) is 0 Å². The molecule has 0 aromatic carbocycles. The van der Waals surface area contributed by atoms with Crippen molar-refractivity contribution in [2.75, 3.05) is 18.4 Å². The molecular weight excluding hydrogens is 274 g/mol. The van der Waals surface area contributed by atoms with Crippen LogP contribution in [0.5, 0.6) is 0 Å². The molecule has 0 bridgehead atoms. The number of thiazole rings is 1. The average molecular weight is 297 g/mol. The first kappa shape index (κ1) is 16.6. The molecule has 20 heavy (non-hydrogen) atoms. The second-order valence-corrected chi connectivity index (χ2v) is 5.55. The molecule has 0 atom stereocenters. The van der Waals surface area contributed by atoms with E-state index in [0.29, 0.717) is 18.1 Å². The van der Waals surface area contributed by atoms with Gasteiger partial charge in [0.1, 0.15) is 0 Å². The van der Waals surface area contributed by atoms with E-state index in [9.17, 15) is 9.59 Å². The van der Waals surface area contributed by atoms with Gasteiger partial charge in [0.15, 0.2) is 5.13 Å². The fourth-order valence-corrected chi connectivity index (χ4v) is 2.38. The normalized spacial score (nSPS) is 10.3. The number of rotatable bonds is 9. The van der Waals surface area contributed by atoms with Crippen molar-refractivity contribution in [3.63, 3.8) is 0 Å². The van der Waals surface area contributed by atoms with E-state index in [1.807, 2.05) is 6.92 Å². The van der Waals surface area contributed by atoms with E-state index >= 15 is 0 Å². The lowest BCUT2D eigenvalue weighted by Crippen LogP contribution is -2.38. The predicted octanol–water partition coefficient (Wildman–Crippen LogP) is 2.90. The zero-order valence-corrected chi connectivity index (χ0v) is 13.0. The van der Waals surface area contributed by atoms with Crippen molar-refractivity contribution in [3.05, 3.63) is 11.6 Å². The Morgan fingerprint density at radius 3 is 2.70 bits per heavy atom. The Bertz CT molecular complexity index is 407. The molecule has 0 radical (unpaired) electrons. The molecule has 1 heterocycles. The Morgan fingerprint density at radius 2 is 2.10 bits per heavy atom. The zero-order valence-electron chi connectivity index (χ0n) is 12.2. The van der Waals surface area contributed by atoms with Crippen LogP contribution in [0.3, 0.4) is 0 Å². The van der Waals surface area contributed by atoms with E-state index in [1.54, 1.807) is 16.5 Å².